The zero-order valence-corrected chi connectivity index (χ0v) is 18.7. The summed E-state index contributed by atoms with van der Waals surface area (Å²) in [5, 5.41) is 10.0. The topological polar surface area (TPSA) is 140 Å². The highest BCUT2D eigenvalue weighted by Gasteiger charge is 2.27. The van der Waals surface area contributed by atoms with Crippen molar-refractivity contribution in [2.45, 2.75) is 22.6 Å². The Bertz CT molecular complexity index is 1360. The number of benzene rings is 2. The van der Waals surface area contributed by atoms with Gasteiger partial charge in [-0.2, -0.15) is 4.31 Å². The van der Waals surface area contributed by atoms with Crippen LogP contribution in [0.1, 0.15) is 23.2 Å². The molecule has 2 heterocycles. The number of sulfonamides is 1. The fourth-order valence-electron chi connectivity index (χ4n) is 3.28. The molecular formula is C20H20N4O6S2. The lowest BCUT2D eigenvalue weighted by molar-refractivity contribution is 0.102. The van der Waals surface area contributed by atoms with E-state index in [4.69, 9.17) is 4.42 Å². The summed E-state index contributed by atoms with van der Waals surface area (Å²) in [4.78, 5) is 12.7. The van der Waals surface area contributed by atoms with Gasteiger partial charge in [0.25, 0.3) is 5.91 Å². The summed E-state index contributed by atoms with van der Waals surface area (Å²) in [6.45, 7) is 0.994. The number of sulfone groups is 1. The summed E-state index contributed by atoms with van der Waals surface area (Å²) >= 11 is 0. The molecule has 10 nitrogen and oxygen atoms in total. The van der Waals surface area contributed by atoms with Gasteiger partial charge in [-0.05, 0) is 55.3 Å². The number of hydrogen-bond acceptors (Lipinski definition) is 8. The van der Waals surface area contributed by atoms with Crippen molar-refractivity contribution in [3.63, 3.8) is 0 Å². The molecule has 1 aliphatic heterocycles. The van der Waals surface area contributed by atoms with Crippen LogP contribution in [0.15, 0.2) is 62.7 Å². The predicted octanol–water partition coefficient (Wildman–Crippen LogP) is 2.18. The highest BCUT2D eigenvalue weighted by atomic mass is 32.2. The molecule has 3 aromatic rings. The van der Waals surface area contributed by atoms with E-state index in [0.717, 1.165) is 19.1 Å². The van der Waals surface area contributed by atoms with Gasteiger partial charge in [0, 0.05) is 30.5 Å². The predicted molar refractivity (Wildman–Crippen MR) is 115 cm³/mol. The smallest absolute Gasteiger partial charge is 0.322 e. The monoisotopic (exact) mass is 476 g/mol. The number of carbonyl (C=O) groups is 1. The lowest BCUT2D eigenvalue weighted by Gasteiger charge is -2.15. The Morgan fingerprint density at radius 1 is 0.969 bits per heavy atom. The number of nitrogens with zero attached hydrogens (tertiary/aromatic N) is 3. The van der Waals surface area contributed by atoms with Crippen LogP contribution in [-0.4, -0.2) is 56.6 Å². The van der Waals surface area contributed by atoms with Gasteiger partial charge in [-0.3, -0.25) is 10.1 Å². The molecule has 1 aliphatic rings. The summed E-state index contributed by atoms with van der Waals surface area (Å²) in [6, 6.07) is 11.4. The van der Waals surface area contributed by atoms with E-state index in [1.807, 2.05) is 0 Å². The van der Waals surface area contributed by atoms with Gasteiger partial charge in [-0.1, -0.05) is 11.2 Å². The maximum Gasteiger partial charge on any atom is 0.322 e. The Hall–Kier alpha value is -3.09. The second kappa shape index (κ2) is 8.45. The number of nitrogens with one attached hydrogen (secondary N) is 1. The molecule has 1 aromatic heterocycles. The SMILES string of the molecule is CS(=O)(=O)c1cccc(-c2nnc(NC(=O)c3ccc(S(=O)(=O)N4CCCC4)cc3)o2)c1. The lowest BCUT2D eigenvalue weighted by atomic mass is 10.2. The van der Waals surface area contributed by atoms with Gasteiger partial charge in [0.1, 0.15) is 0 Å². The minimum atomic E-state index is -3.56. The normalized spacial score (nSPS) is 15.0. The van der Waals surface area contributed by atoms with Gasteiger partial charge in [-0.15, -0.1) is 5.10 Å². The van der Waals surface area contributed by atoms with Crippen molar-refractivity contribution in [1.82, 2.24) is 14.5 Å². The number of carbonyl (C=O) groups excluding carboxylic acids is 1. The number of anilines is 1. The van der Waals surface area contributed by atoms with Crippen LogP contribution < -0.4 is 5.32 Å². The second-order valence-electron chi connectivity index (χ2n) is 7.30. The number of amides is 1. The van der Waals surface area contributed by atoms with E-state index in [0.29, 0.717) is 18.7 Å². The van der Waals surface area contributed by atoms with E-state index < -0.39 is 25.8 Å². The maximum atomic E-state index is 12.6. The standard InChI is InChI=1S/C20H20N4O6S2/c1-31(26,27)17-6-4-5-15(13-17)19-22-23-20(30-19)21-18(25)14-7-9-16(10-8-14)32(28,29)24-11-2-3-12-24/h4-10,13H,2-3,11-12H2,1H3,(H,21,23,25). The zero-order chi connectivity index (χ0) is 22.9. The molecule has 1 amide bonds. The van der Waals surface area contributed by atoms with Crippen LogP contribution in [0.5, 0.6) is 0 Å². The first-order valence-corrected chi connectivity index (χ1v) is 13.0. The molecule has 4 rings (SSSR count). The third kappa shape index (κ3) is 4.56. The highest BCUT2D eigenvalue weighted by molar-refractivity contribution is 7.90. The first-order chi connectivity index (χ1) is 15.1. The van der Waals surface area contributed by atoms with Gasteiger partial charge in [-0.25, -0.2) is 16.8 Å². The molecule has 0 radical (unpaired) electrons. The molecular weight excluding hydrogens is 456 g/mol. The van der Waals surface area contributed by atoms with Crippen molar-refractivity contribution in [3.05, 3.63) is 54.1 Å². The second-order valence-corrected chi connectivity index (χ2v) is 11.3. The lowest BCUT2D eigenvalue weighted by Crippen LogP contribution is -2.27. The van der Waals surface area contributed by atoms with Crippen LogP contribution in [0.2, 0.25) is 0 Å². The van der Waals surface area contributed by atoms with E-state index in [1.165, 1.54) is 40.7 Å². The van der Waals surface area contributed by atoms with E-state index in [9.17, 15) is 21.6 Å². The summed E-state index contributed by atoms with van der Waals surface area (Å²) in [5.41, 5.74) is 0.599. The number of aromatic nitrogens is 2. The molecule has 0 saturated carbocycles. The van der Waals surface area contributed by atoms with Gasteiger partial charge in [0.2, 0.25) is 15.9 Å². The van der Waals surface area contributed by atoms with Crippen LogP contribution in [-0.2, 0) is 19.9 Å². The largest absolute Gasteiger partial charge is 0.403 e. The van der Waals surface area contributed by atoms with Crippen LogP contribution in [0.3, 0.4) is 0 Å². The zero-order valence-electron chi connectivity index (χ0n) is 17.1. The molecule has 0 unspecified atom stereocenters. The van der Waals surface area contributed by atoms with Gasteiger partial charge < -0.3 is 4.42 Å². The first kappa shape index (κ1) is 22.1. The quantitative estimate of drug-likeness (QED) is 0.571. The molecule has 0 spiro atoms. The number of rotatable bonds is 6. The number of hydrogen-bond donors (Lipinski definition) is 1. The molecule has 32 heavy (non-hydrogen) atoms. The summed E-state index contributed by atoms with van der Waals surface area (Å²) in [6.07, 6.45) is 2.77. The summed E-state index contributed by atoms with van der Waals surface area (Å²) in [7, 11) is -6.97. The Kier molecular flexibility index (Phi) is 5.84. The fraction of sp³-hybridized carbons (Fsp3) is 0.250. The fourth-order valence-corrected chi connectivity index (χ4v) is 5.46. The van der Waals surface area contributed by atoms with E-state index in [2.05, 4.69) is 15.5 Å². The Labute approximate surface area is 185 Å². The average Bonchev–Trinajstić information content (AvgIpc) is 3.46. The van der Waals surface area contributed by atoms with Crippen molar-refractivity contribution in [2.24, 2.45) is 0 Å². The molecule has 1 saturated heterocycles. The van der Waals surface area contributed by atoms with Crippen LogP contribution in [0, 0.1) is 0 Å². The Balaban J connectivity index is 1.48. The summed E-state index contributed by atoms with van der Waals surface area (Å²) < 4.78 is 55.5. The van der Waals surface area contributed by atoms with Crippen molar-refractivity contribution in [1.29, 1.82) is 0 Å². The molecule has 1 fully saturated rings. The van der Waals surface area contributed by atoms with Crippen LogP contribution in [0.4, 0.5) is 6.01 Å². The third-order valence-corrected chi connectivity index (χ3v) is 8.00. The molecule has 168 valence electrons. The molecule has 12 heteroatoms. The van der Waals surface area contributed by atoms with E-state index in [1.54, 1.807) is 12.1 Å². The van der Waals surface area contributed by atoms with Crippen molar-refractivity contribution >= 4 is 31.8 Å². The third-order valence-electron chi connectivity index (χ3n) is 4.97. The molecule has 0 aliphatic carbocycles. The summed E-state index contributed by atoms with van der Waals surface area (Å²) in [5.74, 6) is -0.520. The minimum absolute atomic E-state index is 0.0397. The van der Waals surface area contributed by atoms with Crippen molar-refractivity contribution < 1.29 is 26.0 Å². The van der Waals surface area contributed by atoms with E-state index in [-0.39, 0.29) is 27.3 Å². The van der Waals surface area contributed by atoms with Crippen molar-refractivity contribution in [3.8, 4) is 11.5 Å². The van der Waals surface area contributed by atoms with Crippen molar-refractivity contribution in [2.75, 3.05) is 24.7 Å². The Morgan fingerprint density at radius 3 is 2.31 bits per heavy atom. The van der Waals surface area contributed by atoms with Gasteiger partial charge in [0.15, 0.2) is 9.84 Å². The molecule has 1 N–H and O–H groups in total. The minimum Gasteiger partial charge on any atom is -0.403 e. The molecule has 2 aromatic carbocycles. The van der Waals surface area contributed by atoms with Crippen LogP contribution >= 0.6 is 0 Å². The first-order valence-electron chi connectivity index (χ1n) is 9.70. The van der Waals surface area contributed by atoms with Gasteiger partial charge in [0.05, 0.1) is 9.79 Å². The average molecular weight is 477 g/mol. The molecule has 0 atom stereocenters. The Morgan fingerprint density at radius 2 is 1.66 bits per heavy atom. The van der Waals surface area contributed by atoms with Crippen LogP contribution in [0.25, 0.3) is 11.5 Å². The van der Waals surface area contributed by atoms with E-state index >= 15 is 0 Å². The highest BCUT2D eigenvalue weighted by Crippen LogP contribution is 2.24. The van der Waals surface area contributed by atoms with Gasteiger partial charge >= 0.3 is 6.01 Å². The molecule has 0 bridgehead atoms. The maximum absolute atomic E-state index is 12.6.